The third-order valence-corrected chi connectivity index (χ3v) is 4.04. The van der Waals surface area contributed by atoms with Gasteiger partial charge in [0.25, 0.3) is 5.91 Å². The molecule has 2 aromatic rings. The van der Waals surface area contributed by atoms with Crippen molar-refractivity contribution >= 4 is 17.7 Å². The summed E-state index contributed by atoms with van der Waals surface area (Å²) in [6, 6.07) is 11.1. The Labute approximate surface area is 158 Å². The van der Waals surface area contributed by atoms with Gasteiger partial charge in [-0.05, 0) is 30.5 Å². The highest BCUT2D eigenvalue weighted by Crippen LogP contribution is 2.06. The van der Waals surface area contributed by atoms with Crippen molar-refractivity contribution in [1.82, 2.24) is 16.0 Å². The van der Waals surface area contributed by atoms with E-state index in [4.69, 9.17) is 4.42 Å². The average Bonchev–Trinajstić information content (AvgIpc) is 3.19. The zero-order valence-electron chi connectivity index (χ0n) is 15.7. The summed E-state index contributed by atoms with van der Waals surface area (Å²) in [4.78, 5) is 36.9. The van der Waals surface area contributed by atoms with Gasteiger partial charge in [-0.2, -0.15) is 0 Å². The van der Waals surface area contributed by atoms with Crippen molar-refractivity contribution in [1.29, 1.82) is 0 Å². The van der Waals surface area contributed by atoms with Gasteiger partial charge in [-0.1, -0.05) is 44.2 Å². The zero-order valence-corrected chi connectivity index (χ0v) is 15.7. The zero-order chi connectivity index (χ0) is 19.8. The molecule has 0 fully saturated rings. The fourth-order valence-corrected chi connectivity index (χ4v) is 2.46. The van der Waals surface area contributed by atoms with Crippen LogP contribution in [0, 0.1) is 5.92 Å². The van der Waals surface area contributed by atoms with E-state index >= 15 is 0 Å². The van der Waals surface area contributed by atoms with E-state index in [1.54, 1.807) is 13.0 Å². The van der Waals surface area contributed by atoms with E-state index in [1.807, 2.05) is 44.2 Å². The number of hydrogen-bond donors (Lipinski definition) is 3. The van der Waals surface area contributed by atoms with Crippen molar-refractivity contribution in [2.45, 2.75) is 39.4 Å². The molecule has 0 aliphatic carbocycles. The van der Waals surface area contributed by atoms with Crippen LogP contribution < -0.4 is 16.0 Å². The molecule has 0 saturated heterocycles. The maximum absolute atomic E-state index is 12.5. The van der Waals surface area contributed by atoms with Crippen molar-refractivity contribution in [3.05, 3.63) is 60.1 Å². The average molecular weight is 371 g/mol. The Morgan fingerprint density at radius 3 is 2.22 bits per heavy atom. The van der Waals surface area contributed by atoms with Gasteiger partial charge in [0, 0.05) is 6.54 Å². The molecule has 2 atom stereocenters. The molecule has 0 radical (unpaired) electrons. The molecule has 0 aliphatic rings. The maximum atomic E-state index is 12.5. The maximum Gasteiger partial charge on any atom is 0.287 e. The van der Waals surface area contributed by atoms with Crippen molar-refractivity contribution in [2.24, 2.45) is 5.92 Å². The topological polar surface area (TPSA) is 100 Å². The Bertz CT molecular complexity index is 757. The van der Waals surface area contributed by atoms with E-state index in [0.29, 0.717) is 6.54 Å². The first-order valence-corrected chi connectivity index (χ1v) is 8.85. The molecule has 27 heavy (non-hydrogen) atoms. The number of carbonyl (C=O) groups is 3. The van der Waals surface area contributed by atoms with E-state index in [2.05, 4.69) is 16.0 Å². The van der Waals surface area contributed by atoms with Gasteiger partial charge in [0.2, 0.25) is 11.8 Å². The lowest BCUT2D eigenvalue weighted by atomic mass is 10.0. The van der Waals surface area contributed by atoms with Gasteiger partial charge in [0.1, 0.15) is 12.1 Å². The fraction of sp³-hybridized carbons (Fsp3) is 0.350. The van der Waals surface area contributed by atoms with Crippen LogP contribution in [0.4, 0.5) is 0 Å². The summed E-state index contributed by atoms with van der Waals surface area (Å²) in [7, 11) is 0. The molecule has 1 heterocycles. The molecule has 2 rings (SSSR count). The minimum atomic E-state index is -0.785. The van der Waals surface area contributed by atoms with Crippen LogP contribution in [0.15, 0.2) is 53.1 Å². The van der Waals surface area contributed by atoms with Gasteiger partial charge in [-0.25, -0.2) is 0 Å². The predicted octanol–water partition coefficient (Wildman–Crippen LogP) is 1.86. The molecule has 7 heteroatoms. The summed E-state index contributed by atoms with van der Waals surface area (Å²) in [5.74, 6) is -1.24. The molecule has 0 saturated carbocycles. The Kier molecular flexibility index (Phi) is 7.16. The van der Waals surface area contributed by atoms with Crippen LogP contribution in [-0.2, 0) is 16.1 Å². The SMILES string of the molecule is CC(C)[C@H](NC(=O)c1ccco1)C(=O)N[C@H](C)C(=O)NCc1ccccc1. The van der Waals surface area contributed by atoms with Gasteiger partial charge in [-0.3, -0.25) is 14.4 Å². The molecule has 1 aromatic heterocycles. The highest BCUT2D eigenvalue weighted by Gasteiger charge is 2.27. The minimum absolute atomic E-state index is 0.127. The Morgan fingerprint density at radius 1 is 0.926 bits per heavy atom. The van der Waals surface area contributed by atoms with Crippen LogP contribution in [0.25, 0.3) is 0 Å². The third-order valence-electron chi connectivity index (χ3n) is 4.04. The number of nitrogens with one attached hydrogen (secondary N) is 3. The quantitative estimate of drug-likeness (QED) is 0.659. The van der Waals surface area contributed by atoms with Crippen LogP contribution in [0.2, 0.25) is 0 Å². The molecule has 0 aliphatic heterocycles. The van der Waals surface area contributed by atoms with Crippen molar-refractivity contribution < 1.29 is 18.8 Å². The summed E-state index contributed by atoms with van der Waals surface area (Å²) < 4.78 is 5.04. The Hall–Kier alpha value is -3.09. The number of benzene rings is 1. The van der Waals surface area contributed by atoms with Gasteiger partial charge in [-0.15, -0.1) is 0 Å². The molecular formula is C20H25N3O4. The minimum Gasteiger partial charge on any atom is -0.459 e. The second-order valence-electron chi connectivity index (χ2n) is 6.61. The van der Waals surface area contributed by atoms with Gasteiger partial charge in [0.05, 0.1) is 6.26 Å². The summed E-state index contributed by atoms with van der Waals surface area (Å²) in [6.45, 7) is 5.60. The first kappa shape index (κ1) is 20.2. The van der Waals surface area contributed by atoms with Crippen LogP contribution in [0.1, 0.15) is 36.9 Å². The second kappa shape index (κ2) is 9.56. The van der Waals surface area contributed by atoms with Crippen LogP contribution in [0.5, 0.6) is 0 Å². The molecule has 144 valence electrons. The Morgan fingerprint density at radius 2 is 1.63 bits per heavy atom. The lowest BCUT2D eigenvalue weighted by Crippen LogP contribution is -2.54. The molecular weight excluding hydrogens is 346 g/mol. The standard InChI is InChI=1S/C20H25N3O4/c1-13(2)17(23-19(25)16-10-7-11-27-16)20(26)22-14(3)18(24)21-12-15-8-5-4-6-9-15/h4-11,13-14,17H,12H2,1-3H3,(H,21,24)(H,22,26)(H,23,25)/t14-,17+/m1/s1. The van der Waals surface area contributed by atoms with E-state index in [1.165, 1.54) is 12.3 Å². The van der Waals surface area contributed by atoms with Crippen molar-refractivity contribution in [3.63, 3.8) is 0 Å². The van der Waals surface area contributed by atoms with Gasteiger partial charge < -0.3 is 20.4 Å². The first-order chi connectivity index (χ1) is 12.9. The highest BCUT2D eigenvalue weighted by atomic mass is 16.3. The first-order valence-electron chi connectivity index (χ1n) is 8.85. The van der Waals surface area contributed by atoms with Gasteiger partial charge >= 0.3 is 0 Å². The smallest absolute Gasteiger partial charge is 0.287 e. The largest absolute Gasteiger partial charge is 0.459 e. The molecule has 1 aromatic carbocycles. The van der Waals surface area contributed by atoms with Crippen LogP contribution in [-0.4, -0.2) is 29.8 Å². The molecule has 7 nitrogen and oxygen atoms in total. The van der Waals surface area contributed by atoms with E-state index in [9.17, 15) is 14.4 Å². The van der Waals surface area contributed by atoms with E-state index < -0.39 is 23.9 Å². The van der Waals surface area contributed by atoms with Crippen molar-refractivity contribution in [3.8, 4) is 0 Å². The third kappa shape index (κ3) is 5.99. The Balaban J connectivity index is 1.89. The fourth-order valence-electron chi connectivity index (χ4n) is 2.46. The molecule has 0 spiro atoms. The molecule has 3 amide bonds. The lowest BCUT2D eigenvalue weighted by Gasteiger charge is -2.23. The lowest BCUT2D eigenvalue weighted by molar-refractivity contribution is -0.130. The number of carbonyl (C=O) groups excluding carboxylic acids is 3. The molecule has 3 N–H and O–H groups in total. The monoisotopic (exact) mass is 371 g/mol. The van der Waals surface area contributed by atoms with Crippen molar-refractivity contribution in [2.75, 3.05) is 0 Å². The van der Waals surface area contributed by atoms with Gasteiger partial charge in [0.15, 0.2) is 5.76 Å². The van der Waals surface area contributed by atoms with E-state index in [-0.39, 0.29) is 17.6 Å². The van der Waals surface area contributed by atoms with Crippen LogP contribution >= 0.6 is 0 Å². The predicted molar refractivity (Wildman–Crippen MR) is 101 cm³/mol. The summed E-state index contributed by atoms with van der Waals surface area (Å²) in [5, 5.41) is 8.08. The normalized spacial score (nSPS) is 12.9. The summed E-state index contributed by atoms with van der Waals surface area (Å²) in [6.07, 6.45) is 1.39. The highest BCUT2D eigenvalue weighted by molar-refractivity contribution is 5.96. The second-order valence-corrected chi connectivity index (χ2v) is 6.61. The number of furan rings is 1. The van der Waals surface area contributed by atoms with E-state index in [0.717, 1.165) is 5.56 Å². The number of amides is 3. The summed E-state index contributed by atoms with van der Waals surface area (Å²) >= 11 is 0. The molecule has 0 unspecified atom stereocenters. The summed E-state index contributed by atoms with van der Waals surface area (Å²) in [5.41, 5.74) is 0.968. The number of rotatable bonds is 8. The van der Waals surface area contributed by atoms with Crippen LogP contribution in [0.3, 0.4) is 0 Å². The molecule has 0 bridgehead atoms. The number of hydrogen-bond acceptors (Lipinski definition) is 4.